The Balaban J connectivity index is 1.92. The van der Waals surface area contributed by atoms with Crippen LogP contribution >= 0.6 is 0 Å². The van der Waals surface area contributed by atoms with Gasteiger partial charge in [-0.1, -0.05) is 25.1 Å². The van der Waals surface area contributed by atoms with Gasteiger partial charge >= 0.3 is 6.09 Å². The average Bonchev–Trinajstić information content (AvgIpc) is 2.99. The van der Waals surface area contributed by atoms with Gasteiger partial charge in [-0.25, -0.2) is 4.79 Å². The molecule has 3 heteroatoms. The number of nitrogens with zero attached hydrogens (tertiary/aromatic N) is 1. The van der Waals surface area contributed by atoms with Crippen molar-refractivity contribution in [2.75, 3.05) is 11.4 Å². The number of benzene rings is 1. The number of carbonyl (C=O) groups is 1. The number of hydrogen-bond acceptors (Lipinski definition) is 2. The molecule has 0 N–H and O–H groups in total. The van der Waals surface area contributed by atoms with Crippen molar-refractivity contribution in [3.63, 3.8) is 0 Å². The topological polar surface area (TPSA) is 29.5 Å². The van der Waals surface area contributed by atoms with E-state index < -0.39 is 5.60 Å². The molecule has 1 fully saturated rings. The Morgan fingerprint density at radius 3 is 2.60 bits per heavy atom. The smallest absolute Gasteiger partial charge is 0.414 e. The van der Waals surface area contributed by atoms with Gasteiger partial charge in [0.15, 0.2) is 0 Å². The molecule has 3 rings (SSSR count). The van der Waals surface area contributed by atoms with Crippen LogP contribution in [0.15, 0.2) is 24.3 Å². The Morgan fingerprint density at radius 2 is 2.00 bits per heavy atom. The van der Waals surface area contributed by atoms with Crippen LogP contribution in [0.4, 0.5) is 10.5 Å². The van der Waals surface area contributed by atoms with Gasteiger partial charge in [-0.15, -0.1) is 0 Å². The molecule has 0 radical (unpaired) electrons. The molecule has 1 saturated carbocycles. The summed E-state index contributed by atoms with van der Waals surface area (Å²) >= 11 is 0. The molecular weight excluding hydrogens is 250 g/mol. The highest BCUT2D eigenvalue weighted by Crippen LogP contribution is 2.60. The highest BCUT2D eigenvalue weighted by molar-refractivity contribution is 5.90. The number of para-hydroxylation sites is 1. The van der Waals surface area contributed by atoms with Gasteiger partial charge in [-0.05, 0) is 51.2 Å². The molecule has 1 spiro atoms. The van der Waals surface area contributed by atoms with Crippen molar-refractivity contribution < 1.29 is 9.53 Å². The van der Waals surface area contributed by atoms with Gasteiger partial charge < -0.3 is 4.74 Å². The highest BCUT2D eigenvalue weighted by Gasteiger charge is 2.55. The van der Waals surface area contributed by atoms with E-state index >= 15 is 0 Å². The maximum Gasteiger partial charge on any atom is 0.414 e. The third-order valence-corrected chi connectivity index (χ3v) is 4.58. The summed E-state index contributed by atoms with van der Waals surface area (Å²) in [5, 5.41) is 0. The quantitative estimate of drug-likeness (QED) is 0.712. The summed E-state index contributed by atoms with van der Waals surface area (Å²) < 4.78 is 5.54. The highest BCUT2D eigenvalue weighted by atomic mass is 16.6. The summed E-state index contributed by atoms with van der Waals surface area (Å²) in [5.74, 6) is 0.726. The van der Waals surface area contributed by atoms with Crippen molar-refractivity contribution in [1.82, 2.24) is 0 Å². The first-order valence-corrected chi connectivity index (χ1v) is 7.43. The van der Waals surface area contributed by atoms with Crippen molar-refractivity contribution in [2.24, 2.45) is 5.92 Å². The summed E-state index contributed by atoms with van der Waals surface area (Å²) in [6, 6.07) is 8.30. The fourth-order valence-electron chi connectivity index (χ4n) is 3.41. The van der Waals surface area contributed by atoms with E-state index in [0.717, 1.165) is 24.6 Å². The third-order valence-electron chi connectivity index (χ3n) is 4.58. The Bertz CT molecular complexity index is 546. The molecule has 0 aromatic heterocycles. The van der Waals surface area contributed by atoms with Crippen LogP contribution in [0.3, 0.4) is 0 Å². The van der Waals surface area contributed by atoms with E-state index in [1.807, 2.05) is 32.9 Å². The molecule has 1 aromatic carbocycles. The molecule has 2 atom stereocenters. The predicted molar refractivity (Wildman–Crippen MR) is 80.1 cm³/mol. The average molecular weight is 273 g/mol. The monoisotopic (exact) mass is 273 g/mol. The van der Waals surface area contributed by atoms with Crippen LogP contribution < -0.4 is 4.90 Å². The summed E-state index contributed by atoms with van der Waals surface area (Å²) in [6.45, 7) is 8.79. The lowest BCUT2D eigenvalue weighted by molar-refractivity contribution is 0.0575. The van der Waals surface area contributed by atoms with E-state index in [1.165, 1.54) is 12.0 Å². The van der Waals surface area contributed by atoms with Gasteiger partial charge in [0, 0.05) is 12.0 Å². The van der Waals surface area contributed by atoms with Gasteiger partial charge in [0.1, 0.15) is 5.60 Å². The van der Waals surface area contributed by atoms with Crippen molar-refractivity contribution in [2.45, 2.75) is 51.6 Å². The van der Waals surface area contributed by atoms with E-state index in [9.17, 15) is 4.79 Å². The van der Waals surface area contributed by atoms with Crippen molar-refractivity contribution >= 4 is 11.8 Å². The van der Waals surface area contributed by atoms with Crippen LogP contribution in [0.25, 0.3) is 0 Å². The molecule has 1 amide bonds. The van der Waals surface area contributed by atoms with Crippen molar-refractivity contribution in [3.05, 3.63) is 29.8 Å². The minimum Gasteiger partial charge on any atom is -0.443 e. The van der Waals surface area contributed by atoms with Gasteiger partial charge in [0.25, 0.3) is 0 Å². The Morgan fingerprint density at radius 1 is 1.35 bits per heavy atom. The number of fused-ring (bicyclic) bond motifs is 2. The fraction of sp³-hybridized carbons (Fsp3) is 0.588. The minimum absolute atomic E-state index is 0.229. The zero-order chi connectivity index (χ0) is 14.5. The first-order chi connectivity index (χ1) is 9.33. The lowest BCUT2D eigenvalue weighted by Crippen LogP contribution is -2.42. The number of anilines is 1. The summed E-state index contributed by atoms with van der Waals surface area (Å²) in [7, 11) is 0. The SMILES string of the molecule is CC1CC12CCN(C(=O)OC(C)(C)C)c1ccccc12. The third kappa shape index (κ3) is 2.09. The molecule has 0 saturated heterocycles. The minimum atomic E-state index is -0.450. The van der Waals surface area contributed by atoms with Crippen LogP contribution in [0.2, 0.25) is 0 Å². The number of hydrogen-bond donors (Lipinski definition) is 0. The first kappa shape index (κ1) is 13.5. The standard InChI is InChI=1S/C17H23NO2/c1-12-11-17(12)9-10-18(15(19)20-16(2,3)4)14-8-6-5-7-13(14)17/h5-8,12H,9-11H2,1-4H3. The van der Waals surface area contributed by atoms with Crippen LogP contribution in [-0.4, -0.2) is 18.2 Å². The van der Waals surface area contributed by atoms with E-state index in [2.05, 4.69) is 19.1 Å². The van der Waals surface area contributed by atoms with E-state index in [-0.39, 0.29) is 6.09 Å². The van der Waals surface area contributed by atoms with E-state index in [0.29, 0.717) is 5.41 Å². The second-order valence-corrected chi connectivity index (χ2v) is 7.16. The molecule has 0 bridgehead atoms. The normalized spacial score (nSPS) is 28.2. The molecule has 1 aliphatic carbocycles. The maximum atomic E-state index is 12.4. The molecule has 1 heterocycles. The maximum absolute atomic E-state index is 12.4. The lowest BCUT2D eigenvalue weighted by atomic mass is 9.85. The van der Waals surface area contributed by atoms with Crippen LogP contribution in [0, 0.1) is 5.92 Å². The summed E-state index contributed by atoms with van der Waals surface area (Å²) in [4.78, 5) is 14.2. The Hall–Kier alpha value is -1.51. The van der Waals surface area contributed by atoms with Crippen molar-refractivity contribution in [1.29, 1.82) is 0 Å². The Kier molecular flexibility index (Phi) is 2.86. The predicted octanol–water partition coefficient (Wildman–Crippen LogP) is 4.11. The van der Waals surface area contributed by atoms with Crippen LogP contribution in [-0.2, 0) is 10.2 Å². The lowest BCUT2D eigenvalue weighted by Gasteiger charge is -2.36. The first-order valence-electron chi connectivity index (χ1n) is 7.43. The largest absolute Gasteiger partial charge is 0.443 e. The fourth-order valence-corrected chi connectivity index (χ4v) is 3.41. The van der Waals surface area contributed by atoms with Crippen LogP contribution in [0.5, 0.6) is 0 Å². The molecular formula is C17H23NO2. The Labute approximate surface area is 120 Å². The zero-order valence-electron chi connectivity index (χ0n) is 12.8. The van der Waals surface area contributed by atoms with E-state index in [1.54, 1.807) is 4.90 Å². The number of ether oxygens (including phenoxy) is 1. The molecule has 3 nitrogen and oxygen atoms in total. The summed E-state index contributed by atoms with van der Waals surface area (Å²) in [5.41, 5.74) is 2.23. The number of carbonyl (C=O) groups excluding carboxylic acids is 1. The number of rotatable bonds is 0. The zero-order valence-corrected chi connectivity index (χ0v) is 12.8. The van der Waals surface area contributed by atoms with Gasteiger partial charge in [0.05, 0.1) is 5.69 Å². The van der Waals surface area contributed by atoms with Gasteiger partial charge in [-0.3, -0.25) is 4.90 Å². The second-order valence-electron chi connectivity index (χ2n) is 7.16. The second kappa shape index (κ2) is 4.24. The van der Waals surface area contributed by atoms with E-state index in [4.69, 9.17) is 4.74 Å². The molecule has 1 aromatic rings. The van der Waals surface area contributed by atoms with Crippen molar-refractivity contribution in [3.8, 4) is 0 Å². The molecule has 20 heavy (non-hydrogen) atoms. The molecule has 108 valence electrons. The molecule has 1 aliphatic heterocycles. The molecule has 2 unspecified atom stereocenters. The van der Waals surface area contributed by atoms with Crippen LogP contribution in [0.1, 0.15) is 46.1 Å². The van der Waals surface area contributed by atoms with Gasteiger partial charge in [0.2, 0.25) is 0 Å². The summed E-state index contributed by atoms with van der Waals surface area (Å²) in [6.07, 6.45) is 2.06. The molecule has 2 aliphatic rings. The number of amides is 1. The van der Waals surface area contributed by atoms with Gasteiger partial charge in [-0.2, -0.15) is 0 Å².